The Hall–Kier alpha value is -1.17. The number of thioether (sulfide) groups is 1. The Labute approximate surface area is 125 Å². The minimum Gasteiger partial charge on any atom is -0.490 e. The molecule has 1 fully saturated rings. The molecule has 0 aliphatic heterocycles. The Morgan fingerprint density at radius 3 is 2.50 bits per heavy atom. The van der Waals surface area contributed by atoms with Crippen molar-refractivity contribution < 1.29 is 4.74 Å². The molecular weight excluding hydrogens is 272 g/mol. The van der Waals surface area contributed by atoms with Gasteiger partial charge in [0.15, 0.2) is 11.6 Å². The van der Waals surface area contributed by atoms with Gasteiger partial charge in [-0.2, -0.15) is 11.8 Å². The zero-order valence-electron chi connectivity index (χ0n) is 12.5. The molecule has 0 spiro atoms. The number of rotatable bonds is 8. The molecule has 0 aromatic carbocycles. The molecule has 2 N–H and O–H groups in total. The molecule has 0 unspecified atom stereocenters. The second kappa shape index (κ2) is 7.02. The van der Waals surface area contributed by atoms with Crippen molar-refractivity contribution in [3.05, 3.63) is 6.33 Å². The van der Waals surface area contributed by atoms with E-state index in [2.05, 4.69) is 33.8 Å². The molecule has 20 heavy (non-hydrogen) atoms. The van der Waals surface area contributed by atoms with Crippen molar-refractivity contribution in [2.75, 3.05) is 37.1 Å². The molecule has 1 aliphatic carbocycles. The van der Waals surface area contributed by atoms with Crippen LogP contribution in [0.4, 0.5) is 11.6 Å². The lowest BCUT2D eigenvalue weighted by Gasteiger charge is -2.40. The topological polar surface area (TPSA) is 59.1 Å². The van der Waals surface area contributed by atoms with Crippen molar-refractivity contribution in [1.29, 1.82) is 0 Å². The molecule has 0 bridgehead atoms. The number of anilines is 2. The van der Waals surface area contributed by atoms with Gasteiger partial charge in [0.25, 0.3) is 0 Å². The number of nitrogens with zero attached hydrogens (tertiary/aromatic N) is 2. The van der Waals surface area contributed by atoms with Gasteiger partial charge in [-0.25, -0.2) is 9.97 Å². The fraction of sp³-hybridized carbons (Fsp3) is 0.714. The first kappa shape index (κ1) is 15.2. The maximum Gasteiger partial charge on any atom is 0.204 e. The standard InChI is InChI=1S/C14H24N4OS/c1-4-8-15-12-11(19-2)13(18-10-17-12)16-9-14(20-3)6-5-7-14/h10H,4-9H2,1-3H3,(H2,15,16,17,18). The normalized spacial score (nSPS) is 16.4. The third-order valence-corrected chi connectivity index (χ3v) is 5.24. The summed E-state index contributed by atoms with van der Waals surface area (Å²) in [7, 11) is 1.66. The minimum absolute atomic E-state index is 0.368. The van der Waals surface area contributed by atoms with E-state index in [4.69, 9.17) is 4.74 Å². The van der Waals surface area contributed by atoms with E-state index in [1.54, 1.807) is 13.4 Å². The summed E-state index contributed by atoms with van der Waals surface area (Å²) < 4.78 is 5.84. The van der Waals surface area contributed by atoms with Crippen LogP contribution < -0.4 is 15.4 Å². The summed E-state index contributed by atoms with van der Waals surface area (Å²) in [5, 5.41) is 6.71. The van der Waals surface area contributed by atoms with Crippen molar-refractivity contribution in [2.24, 2.45) is 0 Å². The molecule has 112 valence electrons. The van der Waals surface area contributed by atoms with Crippen LogP contribution in [0.15, 0.2) is 6.33 Å². The van der Waals surface area contributed by atoms with Crippen LogP contribution in [0, 0.1) is 0 Å². The highest BCUT2D eigenvalue weighted by molar-refractivity contribution is 8.00. The lowest BCUT2D eigenvalue weighted by Crippen LogP contribution is -2.40. The molecule has 1 heterocycles. The van der Waals surface area contributed by atoms with Crippen LogP contribution in [0.2, 0.25) is 0 Å². The zero-order chi connectivity index (χ0) is 14.4. The van der Waals surface area contributed by atoms with Gasteiger partial charge in [0.2, 0.25) is 5.75 Å². The van der Waals surface area contributed by atoms with Crippen LogP contribution in [0.3, 0.4) is 0 Å². The fourth-order valence-electron chi connectivity index (χ4n) is 2.33. The van der Waals surface area contributed by atoms with Gasteiger partial charge in [0.1, 0.15) is 6.33 Å². The third kappa shape index (κ3) is 3.29. The minimum atomic E-state index is 0.368. The van der Waals surface area contributed by atoms with Crippen LogP contribution in [0.1, 0.15) is 32.6 Å². The molecule has 2 rings (SSSR count). The van der Waals surface area contributed by atoms with E-state index in [1.807, 2.05) is 11.8 Å². The lowest BCUT2D eigenvalue weighted by molar-refractivity contribution is 0.377. The highest BCUT2D eigenvalue weighted by Crippen LogP contribution is 2.43. The molecule has 0 amide bonds. The van der Waals surface area contributed by atoms with E-state index in [0.29, 0.717) is 10.5 Å². The van der Waals surface area contributed by atoms with Gasteiger partial charge < -0.3 is 15.4 Å². The Bertz CT molecular complexity index is 432. The molecule has 5 nitrogen and oxygen atoms in total. The van der Waals surface area contributed by atoms with E-state index in [-0.39, 0.29) is 0 Å². The van der Waals surface area contributed by atoms with E-state index >= 15 is 0 Å². The van der Waals surface area contributed by atoms with Crippen LogP contribution in [0.5, 0.6) is 5.75 Å². The maximum absolute atomic E-state index is 5.47. The van der Waals surface area contributed by atoms with E-state index in [1.165, 1.54) is 19.3 Å². The molecule has 1 aliphatic rings. The van der Waals surface area contributed by atoms with Crippen LogP contribution in [-0.4, -0.2) is 41.2 Å². The van der Waals surface area contributed by atoms with Gasteiger partial charge in [0, 0.05) is 17.8 Å². The highest BCUT2D eigenvalue weighted by Gasteiger charge is 2.36. The largest absolute Gasteiger partial charge is 0.490 e. The third-order valence-electron chi connectivity index (χ3n) is 3.83. The molecule has 1 aromatic heterocycles. The van der Waals surface area contributed by atoms with Gasteiger partial charge in [-0.05, 0) is 25.5 Å². The summed E-state index contributed by atoms with van der Waals surface area (Å²) in [5.74, 6) is 2.25. The van der Waals surface area contributed by atoms with Gasteiger partial charge in [-0.3, -0.25) is 0 Å². The quantitative estimate of drug-likeness (QED) is 0.769. The number of hydrogen-bond donors (Lipinski definition) is 2. The summed E-state index contributed by atoms with van der Waals surface area (Å²) in [5.41, 5.74) is 0. The van der Waals surface area contributed by atoms with E-state index in [9.17, 15) is 0 Å². The molecule has 0 saturated heterocycles. The van der Waals surface area contributed by atoms with Crippen molar-refractivity contribution >= 4 is 23.4 Å². The first-order valence-electron chi connectivity index (χ1n) is 7.16. The highest BCUT2D eigenvalue weighted by atomic mass is 32.2. The molecule has 1 saturated carbocycles. The average Bonchev–Trinajstić information content (AvgIpc) is 2.44. The summed E-state index contributed by atoms with van der Waals surface area (Å²) >= 11 is 1.95. The molecule has 6 heteroatoms. The molecule has 1 aromatic rings. The second-order valence-corrected chi connectivity index (χ2v) is 6.40. The maximum atomic E-state index is 5.47. The Kier molecular flexibility index (Phi) is 5.34. The fourth-order valence-corrected chi connectivity index (χ4v) is 3.24. The van der Waals surface area contributed by atoms with Crippen LogP contribution in [0.25, 0.3) is 0 Å². The Morgan fingerprint density at radius 1 is 1.30 bits per heavy atom. The smallest absolute Gasteiger partial charge is 0.204 e. The SMILES string of the molecule is CCCNc1ncnc(NCC2(SC)CCC2)c1OC. The van der Waals surface area contributed by atoms with E-state index < -0.39 is 0 Å². The van der Waals surface area contributed by atoms with Gasteiger partial charge in [-0.1, -0.05) is 13.3 Å². The Morgan fingerprint density at radius 2 is 2.00 bits per heavy atom. The number of ether oxygens (including phenoxy) is 1. The first-order chi connectivity index (χ1) is 9.74. The summed E-state index contributed by atoms with van der Waals surface area (Å²) in [4.78, 5) is 8.57. The summed E-state index contributed by atoms with van der Waals surface area (Å²) in [6, 6.07) is 0. The van der Waals surface area contributed by atoms with Crippen molar-refractivity contribution in [3.8, 4) is 5.75 Å². The van der Waals surface area contributed by atoms with E-state index in [0.717, 1.165) is 31.1 Å². The van der Waals surface area contributed by atoms with Crippen molar-refractivity contribution in [3.63, 3.8) is 0 Å². The van der Waals surface area contributed by atoms with Gasteiger partial charge >= 0.3 is 0 Å². The van der Waals surface area contributed by atoms with Crippen molar-refractivity contribution in [1.82, 2.24) is 9.97 Å². The number of aromatic nitrogens is 2. The average molecular weight is 296 g/mol. The zero-order valence-corrected chi connectivity index (χ0v) is 13.3. The van der Waals surface area contributed by atoms with Gasteiger partial charge in [0.05, 0.1) is 7.11 Å². The first-order valence-corrected chi connectivity index (χ1v) is 8.39. The predicted molar refractivity (Wildman–Crippen MR) is 86.0 cm³/mol. The van der Waals surface area contributed by atoms with Crippen LogP contribution >= 0.6 is 11.8 Å². The van der Waals surface area contributed by atoms with Crippen LogP contribution in [-0.2, 0) is 0 Å². The number of hydrogen-bond acceptors (Lipinski definition) is 6. The monoisotopic (exact) mass is 296 g/mol. The summed E-state index contributed by atoms with van der Waals surface area (Å²) in [6.45, 7) is 3.93. The lowest BCUT2D eigenvalue weighted by atomic mass is 9.84. The molecular formula is C14H24N4OS. The number of methoxy groups -OCH3 is 1. The molecule has 0 radical (unpaired) electrons. The second-order valence-electron chi connectivity index (χ2n) is 5.13. The van der Waals surface area contributed by atoms with Crippen molar-refractivity contribution in [2.45, 2.75) is 37.4 Å². The number of nitrogens with one attached hydrogen (secondary N) is 2. The summed E-state index contributed by atoms with van der Waals surface area (Å²) in [6.07, 6.45) is 8.69. The molecule has 0 atom stereocenters. The predicted octanol–water partition coefficient (Wildman–Crippen LogP) is 3.00. The van der Waals surface area contributed by atoms with Gasteiger partial charge in [-0.15, -0.1) is 0 Å². The Balaban J connectivity index is 2.06.